The Bertz CT molecular complexity index is 592. The molecule has 6 nitrogen and oxygen atoms in total. The molecule has 0 aliphatic carbocycles. The number of benzene rings is 1. The zero-order valence-corrected chi connectivity index (χ0v) is 11.7. The molecule has 2 rings (SSSR count). The predicted octanol–water partition coefficient (Wildman–Crippen LogP) is 2.28. The van der Waals surface area contributed by atoms with Crippen molar-refractivity contribution >= 4 is 23.1 Å². The molecule has 20 heavy (non-hydrogen) atoms. The number of hydrogen-bond acceptors (Lipinski definition) is 5. The summed E-state index contributed by atoms with van der Waals surface area (Å²) in [7, 11) is 4.10. The second kappa shape index (κ2) is 6.38. The number of nitrogens with zero attached hydrogens (tertiary/aromatic N) is 2. The molecule has 2 aromatic rings. The number of nitrogens with one attached hydrogen (secondary N) is 1. The first-order valence-electron chi connectivity index (χ1n) is 6.59. The van der Waals surface area contributed by atoms with Gasteiger partial charge < -0.3 is 19.7 Å². The number of oxazole rings is 1. The first kappa shape index (κ1) is 14.3. The highest BCUT2D eigenvalue weighted by molar-refractivity contribution is 5.92. The van der Waals surface area contributed by atoms with Crippen LogP contribution in [-0.2, 0) is 0 Å². The highest BCUT2D eigenvalue weighted by Crippen LogP contribution is 2.20. The molecule has 108 valence electrons. The van der Waals surface area contributed by atoms with Gasteiger partial charge in [0, 0.05) is 6.54 Å². The number of aromatic nitrogens is 1. The van der Waals surface area contributed by atoms with Crippen LogP contribution < -0.4 is 5.32 Å². The molecule has 0 atom stereocenters. The van der Waals surface area contributed by atoms with Crippen LogP contribution >= 0.6 is 0 Å². The van der Waals surface area contributed by atoms with Gasteiger partial charge in [-0.1, -0.05) is 0 Å². The van der Waals surface area contributed by atoms with Crippen molar-refractivity contribution in [3.8, 4) is 0 Å². The Kier molecular flexibility index (Phi) is 4.57. The summed E-state index contributed by atoms with van der Waals surface area (Å²) in [6, 6.07) is 5.10. The molecule has 0 saturated heterocycles. The fraction of sp³-hybridized carbons (Fsp3) is 0.429. The smallest absolute Gasteiger partial charge is 0.335 e. The summed E-state index contributed by atoms with van der Waals surface area (Å²) in [4.78, 5) is 17.3. The van der Waals surface area contributed by atoms with Crippen molar-refractivity contribution in [1.29, 1.82) is 0 Å². The van der Waals surface area contributed by atoms with Gasteiger partial charge in [-0.3, -0.25) is 0 Å². The molecule has 0 bridgehead atoms. The molecule has 1 aromatic carbocycles. The Morgan fingerprint density at radius 3 is 2.90 bits per heavy atom. The Morgan fingerprint density at radius 2 is 2.20 bits per heavy atom. The topological polar surface area (TPSA) is 78.6 Å². The number of aromatic carboxylic acids is 1. The molecular weight excluding hydrogens is 258 g/mol. The van der Waals surface area contributed by atoms with Crippen molar-refractivity contribution in [3.05, 3.63) is 23.8 Å². The zero-order chi connectivity index (χ0) is 14.5. The van der Waals surface area contributed by atoms with E-state index in [0.29, 0.717) is 17.1 Å². The molecule has 0 spiro atoms. The van der Waals surface area contributed by atoms with Crippen molar-refractivity contribution in [2.75, 3.05) is 32.5 Å². The minimum Gasteiger partial charge on any atom is -0.478 e. The number of fused-ring (bicyclic) bond motifs is 1. The summed E-state index contributed by atoms with van der Waals surface area (Å²) in [5, 5.41) is 12.0. The Balaban J connectivity index is 1.93. The molecule has 0 unspecified atom stereocenters. The number of anilines is 1. The first-order chi connectivity index (χ1) is 9.56. The van der Waals surface area contributed by atoms with Gasteiger partial charge in [-0.05, 0) is 51.7 Å². The lowest BCUT2D eigenvalue weighted by molar-refractivity contribution is 0.0697. The van der Waals surface area contributed by atoms with E-state index in [9.17, 15) is 4.79 Å². The molecular formula is C14H19N3O3. The van der Waals surface area contributed by atoms with E-state index in [1.54, 1.807) is 6.07 Å². The second-order valence-electron chi connectivity index (χ2n) is 4.94. The molecule has 0 radical (unpaired) electrons. The lowest BCUT2D eigenvalue weighted by atomic mass is 10.2. The van der Waals surface area contributed by atoms with Gasteiger partial charge in [-0.25, -0.2) is 4.79 Å². The van der Waals surface area contributed by atoms with E-state index >= 15 is 0 Å². The molecule has 1 aromatic heterocycles. The number of carbonyl (C=O) groups is 1. The van der Waals surface area contributed by atoms with Gasteiger partial charge >= 0.3 is 5.97 Å². The normalized spacial score (nSPS) is 11.2. The molecule has 6 heteroatoms. The first-order valence-corrected chi connectivity index (χ1v) is 6.59. The lowest BCUT2D eigenvalue weighted by Gasteiger charge is -2.08. The van der Waals surface area contributed by atoms with E-state index in [1.807, 2.05) is 14.1 Å². The summed E-state index contributed by atoms with van der Waals surface area (Å²) in [6.07, 6.45) is 2.13. The summed E-state index contributed by atoms with van der Waals surface area (Å²) in [5.74, 6) is -0.971. The third-order valence-corrected chi connectivity index (χ3v) is 2.94. The van der Waals surface area contributed by atoms with Crippen LogP contribution in [0.5, 0.6) is 0 Å². The maximum absolute atomic E-state index is 10.9. The minimum atomic E-state index is -0.971. The van der Waals surface area contributed by atoms with Crippen LogP contribution in [-0.4, -0.2) is 48.1 Å². The Labute approximate surface area is 117 Å². The molecule has 0 saturated carbocycles. The van der Waals surface area contributed by atoms with Crippen molar-refractivity contribution in [1.82, 2.24) is 9.88 Å². The van der Waals surface area contributed by atoms with Gasteiger partial charge in [0.15, 0.2) is 5.58 Å². The van der Waals surface area contributed by atoms with Crippen LogP contribution in [0.2, 0.25) is 0 Å². The van der Waals surface area contributed by atoms with Crippen molar-refractivity contribution in [3.63, 3.8) is 0 Å². The number of hydrogen-bond donors (Lipinski definition) is 2. The minimum absolute atomic E-state index is 0.200. The van der Waals surface area contributed by atoms with E-state index in [4.69, 9.17) is 9.52 Å². The summed E-state index contributed by atoms with van der Waals surface area (Å²) < 4.78 is 5.49. The summed E-state index contributed by atoms with van der Waals surface area (Å²) in [5.41, 5.74) is 1.35. The fourth-order valence-corrected chi connectivity index (χ4v) is 1.88. The summed E-state index contributed by atoms with van der Waals surface area (Å²) >= 11 is 0. The van der Waals surface area contributed by atoms with Crippen LogP contribution in [0.1, 0.15) is 23.2 Å². The maximum atomic E-state index is 10.9. The molecule has 1 heterocycles. The average molecular weight is 277 g/mol. The van der Waals surface area contributed by atoms with Crippen LogP contribution in [0.4, 0.5) is 6.01 Å². The Morgan fingerprint density at radius 1 is 1.40 bits per heavy atom. The van der Waals surface area contributed by atoms with Crippen molar-refractivity contribution in [2.45, 2.75) is 12.8 Å². The largest absolute Gasteiger partial charge is 0.478 e. The average Bonchev–Trinajstić information content (AvgIpc) is 2.79. The van der Waals surface area contributed by atoms with Gasteiger partial charge in [0.25, 0.3) is 6.01 Å². The van der Waals surface area contributed by atoms with E-state index in [2.05, 4.69) is 15.2 Å². The fourth-order valence-electron chi connectivity index (χ4n) is 1.88. The van der Waals surface area contributed by atoms with Crippen molar-refractivity contribution < 1.29 is 14.3 Å². The Hall–Kier alpha value is -2.08. The second-order valence-corrected chi connectivity index (χ2v) is 4.94. The standard InChI is InChI=1S/C14H19N3O3/c1-17(2)8-4-3-7-15-14-16-11-6-5-10(13(18)19)9-12(11)20-14/h5-6,9H,3-4,7-8H2,1-2H3,(H,15,16)(H,18,19). The van der Waals surface area contributed by atoms with E-state index < -0.39 is 5.97 Å². The van der Waals surface area contributed by atoms with Gasteiger partial charge in [-0.15, -0.1) is 0 Å². The maximum Gasteiger partial charge on any atom is 0.335 e. The van der Waals surface area contributed by atoms with Gasteiger partial charge in [0.1, 0.15) is 5.52 Å². The van der Waals surface area contributed by atoms with Gasteiger partial charge in [0.05, 0.1) is 5.56 Å². The molecule has 0 aliphatic heterocycles. The van der Waals surface area contributed by atoms with Gasteiger partial charge in [0.2, 0.25) is 0 Å². The van der Waals surface area contributed by atoms with Crippen LogP contribution in [0.15, 0.2) is 22.6 Å². The SMILES string of the molecule is CN(C)CCCCNc1nc2ccc(C(=O)O)cc2o1. The van der Waals surface area contributed by atoms with Crippen LogP contribution in [0.3, 0.4) is 0 Å². The molecule has 2 N–H and O–H groups in total. The van der Waals surface area contributed by atoms with Crippen molar-refractivity contribution in [2.24, 2.45) is 0 Å². The van der Waals surface area contributed by atoms with Crippen LogP contribution in [0.25, 0.3) is 11.1 Å². The molecule has 0 amide bonds. The zero-order valence-electron chi connectivity index (χ0n) is 11.7. The third-order valence-electron chi connectivity index (χ3n) is 2.94. The molecule has 0 fully saturated rings. The monoisotopic (exact) mass is 277 g/mol. The lowest BCUT2D eigenvalue weighted by Crippen LogP contribution is -2.14. The third kappa shape index (κ3) is 3.71. The highest BCUT2D eigenvalue weighted by Gasteiger charge is 2.09. The van der Waals surface area contributed by atoms with E-state index in [0.717, 1.165) is 25.9 Å². The number of unbranched alkanes of at least 4 members (excludes halogenated alkanes) is 1. The predicted molar refractivity (Wildman–Crippen MR) is 77.2 cm³/mol. The van der Waals surface area contributed by atoms with E-state index in [-0.39, 0.29) is 5.56 Å². The van der Waals surface area contributed by atoms with E-state index in [1.165, 1.54) is 12.1 Å². The molecule has 0 aliphatic rings. The number of rotatable bonds is 7. The quantitative estimate of drug-likeness (QED) is 0.756. The highest BCUT2D eigenvalue weighted by atomic mass is 16.4. The van der Waals surface area contributed by atoms with Gasteiger partial charge in [-0.2, -0.15) is 4.98 Å². The van der Waals surface area contributed by atoms with Crippen LogP contribution in [0, 0.1) is 0 Å². The summed E-state index contributed by atoms with van der Waals surface area (Å²) in [6.45, 7) is 1.84. The number of carboxylic acids is 1. The number of carboxylic acid groups (broad SMARTS) is 1.